The Kier molecular flexibility index (Phi) is 2.71. The monoisotopic (exact) mass is 170 g/mol. The van der Waals surface area contributed by atoms with Crippen LogP contribution in [0.2, 0.25) is 0 Å². The van der Waals surface area contributed by atoms with Crippen LogP contribution in [0.5, 0.6) is 0 Å². The summed E-state index contributed by atoms with van der Waals surface area (Å²) in [6.07, 6.45) is 3.10. The minimum absolute atomic E-state index is 0.187. The molecule has 3 atom stereocenters. The van der Waals surface area contributed by atoms with Gasteiger partial charge >= 0.3 is 0 Å². The van der Waals surface area contributed by atoms with E-state index in [1.807, 2.05) is 0 Å². The van der Waals surface area contributed by atoms with Crippen molar-refractivity contribution in [1.29, 1.82) is 0 Å². The van der Waals surface area contributed by atoms with Crippen LogP contribution in [-0.4, -0.2) is 40.2 Å². The van der Waals surface area contributed by atoms with E-state index in [4.69, 9.17) is 16.3 Å². The molecule has 0 aromatic heterocycles. The van der Waals surface area contributed by atoms with Crippen molar-refractivity contribution in [3.8, 4) is 12.3 Å². The molecule has 12 heavy (non-hydrogen) atoms. The maximum Gasteiger partial charge on any atom is 0.149 e. The summed E-state index contributed by atoms with van der Waals surface area (Å²) in [5.41, 5.74) is 0.187. The number of aliphatic hydroxyl groups is 3. The number of terminal acetylenes is 1. The topological polar surface area (TPSA) is 69.9 Å². The van der Waals surface area contributed by atoms with Crippen molar-refractivity contribution in [1.82, 2.24) is 0 Å². The van der Waals surface area contributed by atoms with Gasteiger partial charge in [0.05, 0.1) is 18.4 Å². The lowest BCUT2D eigenvalue weighted by Crippen LogP contribution is -2.44. The van der Waals surface area contributed by atoms with Gasteiger partial charge in [0.1, 0.15) is 18.3 Å². The first-order valence-electron chi connectivity index (χ1n) is 3.49. The first kappa shape index (κ1) is 9.07. The summed E-state index contributed by atoms with van der Waals surface area (Å²) in [5, 5.41) is 27.2. The number of hydrogen-bond donors (Lipinski definition) is 3. The molecule has 0 fully saturated rings. The van der Waals surface area contributed by atoms with E-state index in [0.717, 1.165) is 0 Å². The van der Waals surface area contributed by atoms with E-state index in [-0.39, 0.29) is 12.2 Å². The molecular weight excluding hydrogens is 160 g/mol. The molecule has 0 radical (unpaired) electrons. The fraction of sp³-hybridized carbons (Fsp3) is 0.500. The summed E-state index contributed by atoms with van der Waals surface area (Å²) < 4.78 is 4.85. The predicted molar refractivity (Wildman–Crippen MR) is 40.9 cm³/mol. The third-order valence-corrected chi connectivity index (χ3v) is 1.74. The summed E-state index contributed by atoms with van der Waals surface area (Å²) in [7, 11) is 0. The quantitative estimate of drug-likeness (QED) is 0.424. The fourth-order valence-electron chi connectivity index (χ4n) is 0.969. The van der Waals surface area contributed by atoms with Gasteiger partial charge in [-0.05, 0) is 0 Å². The zero-order chi connectivity index (χ0) is 9.14. The summed E-state index contributed by atoms with van der Waals surface area (Å²) in [6.45, 7) is -0.355. The van der Waals surface area contributed by atoms with Gasteiger partial charge in [-0.1, -0.05) is 5.92 Å². The lowest BCUT2D eigenvalue weighted by atomic mass is 10.00. The summed E-state index contributed by atoms with van der Waals surface area (Å²) in [4.78, 5) is 0. The Morgan fingerprint density at radius 3 is 2.75 bits per heavy atom. The Labute approximate surface area is 70.1 Å². The van der Waals surface area contributed by atoms with E-state index < -0.39 is 18.3 Å². The van der Waals surface area contributed by atoms with E-state index in [1.165, 1.54) is 6.26 Å². The highest BCUT2D eigenvalue weighted by Crippen LogP contribution is 2.17. The van der Waals surface area contributed by atoms with Gasteiger partial charge in [0, 0.05) is 0 Å². The largest absolute Gasteiger partial charge is 0.492 e. The maximum atomic E-state index is 9.29. The molecule has 0 saturated carbocycles. The molecule has 3 N–H and O–H groups in total. The van der Waals surface area contributed by atoms with Crippen LogP contribution in [0, 0.1) is 12.3 Å². The average molecular weight is 170 g/mol. The van der Waals surface area contributed by atoms with Gasteiger partial charge in [-0.3, -0.25) is 0 Å². The van der Waals surface area contributed by atoms with Gasteiger partial charge in [-0.25, -0.2) is 0 Å². The second kappa shape index (κ2) is 3.59. The van der Waals surface area contributed by atoms with Gasteiger partial charge in [-0.2, -0.15) is 0 Å². The first-order valence-corrected chi connectivity index (χ1v) is 3.49. The highest BCUT2D eigenvalue weighted by atomic mass is 16.5. The molecule has 0 spiro atoms. The first-order chi connectivity index (χ1) is 5.70. The Balaban J connectivity index is 2.77. The zero-order valence-electron chi connectivity index (χ0n) is 6.34. The van der Waals surface area contributed by atoms with Crippen LogP contribution in [0.15, 0.2) is 11.8 Å². The van der Waals surface area contributed by atoms with E-state index >= 15 is 0 Å². The fourth-order valence-corrected chi connectivity index (χ4v) is 0.969. The van der Waals surface area contributed by atoms with Crippen LogP contribution in [0.1, 0.15) is 0 Å². The molecule has 0 aliphatic carbocycles. The highest BCUT2D eigenvalue weighted by Gasteiger charge is 2.32. The Morgan fingerprint density at radius 1 is 1.58 bits per heavy atom. The third kappa shape index (κ3) is 1.43. The Bertz CT molecular complexity index is 228. The third-order valence-electron chi connectivity index (χ3n) is 1.74. The van der Waals surface area contributed by atoms with Crippen molar-refractivity contribution in [3.63, 3.8) is 0 Å². The van der Waals surface area contributed by atoms with Crippen molar-refractivity contribution < 1.29 is 20.1 Å². The van der Waals surface area contributed by atoms with Crippen molar-refractivity contribution in [2.75, 3.05) is 6.61 Å². The van der Waals surface area contributed by atoms with Crippen LogP contribution >= 0.6 is 0 Å². The van der Waals surface area contributed by atoms with Crippen molar-refractivity contribution >= 4 is 0 Å². The number of aliphatic hydroxyl groups excluding tert-OH is 3. The van der Waals surface area contributed by atoms with Gasteiger partial charge in [0.15, 0.2) is 0 Å². The van der Waals surface area contributed by atoms with Crippen molar-refractivity contribution in [3.05, 3.63) is 11.8 Å². The number of rotatable bonds is 1. The SMILES string of the molecule is C#CC1=CO[C@H](CO)[C@H](O)[C@@H]1O. The molecule has 0 saturated heterocycles. The number of hydrogen-bond acceptors (Lipinski definition) is 4. The Hall–Kier alpha value is -1.02. The van der Waals surface area contributed by atoms with E-state index in [0.29, 0.717) is 0 Å². The number of ether oxygens (including phenoxy) is 1. The summed E-state index contributed by atoms with van der Waals surface area (Å²) in [6, 6.07) is 0. The van der Waals surface area contributed by atoms with Crippen LogP contribution in [-0.2, 0) is 4.74 Å². The van der Waals surface area contributed by atoms with Crippen molar-refractivity contribution in [2.45, 2.75) is 18.3 Å². The molecule has 1 rings (SSSR count). The molecular formula is C8H10O4. The van der Waals surface area contributed by atoms with E-state index in [9.17, 15) is 10.2 Å². The van der Waals surface area contributed by atoms with Gasteiger partial charge < -0.3 is 20.1 Å². The second-order valence-corrected chi connectivity index (χ2v) is 2.51. The van der Waals surface area contributed by atoms with E-state index in [1.54, 1.807) is 0 Å². The van der Waals surface area contributed by atoms with Crippen LogP contribution < -0.4 is 0 Å². The molecule has 0 bridgehead atoms. The minimum Gasteiger partial charge on any atom is -0.492 e. The minimum atomic E-state index is -1.16. The zero-order valence-corrected chi connectivity index (χ0v) is 6.34. The molecule has 4 heteroatoms. The van der Waals surface area contributed by atoms with Crippen LogP contribution in [0.3, 0.4) is 0 Å². The van der Waals surface area contributed by atoms with Crippen LogP contribution in [0.4, 0.5) is 0 Å². The van der Waals surface area contributed by atoms with Crippen molar-refractivity contribution in [2.24, 2.45) is 0 Å². The molecule has 0 amide bonds. The molecule has 1 aliphatic heterocycles. The summed E-state index contributed by atoms with van der Waals surface area (Å²) in [5.74, 6) is 2.17. The molecule has 0 aromatic carbocycles. The molecule has 0 unspecified atom stereocenters. The normalized spacial score (nSPS) is 34.8. The van der Waals surface area contributed by atoms with Crippen LogP contribution in [0.25, 0.3) is 0 Å². The highest BCUT2D eigenvalue weighted by molar-refractivity contribution is 5.30. The molecule has 66 valence electrons. The predicted octanol–water partition coefficient (Wildman–Crippen LogP) is -1.38. The average Bonchev–Trinajstić information content (AvgIpc) is 2.10. The van der Waals surface area contributed by atoms with Gasteiger partial charge in [0.25, 0.3) is 0 Å². The summed E-state index contributed by atoms with van der Waals surface area (Å²) >= 11 is 0. The lowest BCUT2D eigenvalue weighted by Gasteiger charge is -2.29. The molecule has 0 aromatic rings. The molecule has 4 nitrogen and oxygen atoms in total. The van der Waals surface area contributed by atoms with Gasteiger partial charge in [0.2, 0.25) is 0 Å². The smallest absolute Gasteiger partial charge is 0.149 e. The second-order valence-electron chi connectivity index (χ2n) is 2.51. The van der Waals surface area contributed by atoms with E-state index in [2.05, 4.69) is 5.92 Å². The molecule has 1 aliphatic rings. The maximum absolute atomic E-state index is 9.29. The Morgan fingerprint density at radius 2 is 2.25 bits per heavy atom. The standard InChI is InChI=1S/C8H10O4/c1-2-5-4-12-6(3-9)8(11)7(5)10/h1,4,6-11H,3H2/t6-,7-,8+/m1/s1. The molecule has 1 heterocycles. The lowest BCUT2D eigenvalue weighted by molar-refractivity contribution is -0.0842. The van der Waals surface area contributed by atoms with Gasteiger partial charge in [-0.15, -0.1) is 6.42 Å².